The molecule has 24 heavy (non-hydrogen) atoms. The van der Waals surface area contributed by atoms with Gasteiger partial charge in [0.25, 0.3) is 5.91 Å². The SMILES string of the molecule is COc1ccc(CNC(=O)[C@@H](C)OC(=O)c2cccc(Br)c2)cc1. The lowest BCUT2D eigenvalue weighted by atomic mass is 10.2. The summed E-state index contributed by atoms with van der Waals surface area (Å²) in [6.45, 7) is 1.89. The van der Waals surface area contributed by atoms with E-state index in [0.29, 0.717) is 12.1 Å². The molecule has 0 aromatic heterocycles. The van der Waals surface area contributed by atoms with Crippen LogP contribution in [0, 0.1) is 0 Å². The highest BCUT2D eigenvalue weighted by Gasteiger charge is 2.18. The molecule has 0 saturated heterocycles. The van der Waals surface area contributed by atoms with E-state index in [4.69, 9.17) is 9.47 Å². The fraction of sp³-hybridized carbons (Fsp3) is 0.222. The Kier molecular flexibility index (Phi) is 6.37. The average Bonchev–Trinajstić information content (AvgIpc) is 2.60. The van der Waals surface area contributed by atoms with E-state index < -0.39 is 12.1 Å². The number of rotatable bonds is 6. The predicted octanol–water partition coefficient (Wildman–Crippen LogP) is 3.32. The topological polar surface area (TPSA) is 64.6 Å². The zero-order valence-corrected chi connectivity index (χ0v) is 15.0. The lowest BCUT2D eigenvalue weighted by Gasteiger charge is -2.14. The quantitative estimate of drug-likeness (QED) is 0.767. The minimum Gasteiger partial charge on any atom is -0.497 e. The van der Waals surface area contributed by atoms with E-state index in [2.05, 4.69) is 21.2 Å². The van der Waals surface area contributed by atoms with E-state index in [1.54, 1.807) is 32.2 Å². The van der Waals surface area contributed by atoms with E-state index in [1.807, 2.05) is 30.3 Å². The summed E-state index contributed by atoms with van der Waals surface area (Å²) in [5, 5.41) is 2.74. The van der Waals surface area contributed by atoms with Gasteiger partial charge in [0.05, 0.1) is 12.7 Å². The summed E-state index contributed by atoms with van der Waals surface area (Å²) >= 11 is 3.29. The number of carbonyl (C=O) groups is 2. The van der Waals surface area contributed by atoms with Crippen molar-refractivity contribution < 1.29 is 19.1 Å². The van der Waals surface area contributed by atoms with Gasteiger partial charge in [-0.3, -0.25) is 4.79 Å². The Morgan fingerprint density at radius 2 is 1.88 bits per heavy atom. The van der Waals surface area contributed by atoms with Crippen molar-refractivity contribution in [2.75, 3.05) is 7.11 Å². The van der Waals surface area contributed by atoms with Crippen molar-refractivity contribution in [1.82, 2.24) is 5.32 Å². The molecule has 0 aliphatic carbocycles. The van der Waals surface area contributed by atoms with Crippen LogP contribution in [0.25, 0.3) is 0 Å². The summed E-state index contributed by atoms with van der Waals surface area (Å²) in [5.41, 5.74) is 1.31. The molecule has 5 nitrogen and oxygen atoms in total. The molecule has 6 heteroatoms. The molecule has 2 aromatic rings. The van der Waals surface area contributed by atoms with Gasteiger partial charge in [0, 0.05) is 11.0 Å². The number of amides is 1. The number of esters is 1. The van der Waals surface area contributed by atoms with Crippen LogP contribution < -0.4 is 10.1 Å². The van der Waals surface area contributed by atoms with Crippen molar-refractivity contribution in [2.24, 2.45) is 0 Å². The number of methoxy groups -OCH3 is 1. The monoisotopic (exact) mass is 391 g/mol. The van der Waals surface area contributed by atoms with Gasteiger partial charge in [-0.15, -0.1) is 0 Å². The highest BCUT2D eigenvalue weighted by atomic mass is 79.9. The smallest absolute Gasteiger partial charge is 0.338 e. The number of hydrogen-bond acceptors (Lipinski definition) is 4. The molecule has 0 saturated carbocycles. The van der Waals surface area contributed by atoms with Gasteiger partial charge >= 0.3 is 5.97 Å². The van der Waals surface area contributed by atoms with Crippen molar-refractivity contribution >= 4 is 27.8 Å². The number of benzene rings is 2. The zero-order valence-electron chi connectivity index (χ0n) is 13.4. The lowest BCUT2D eigenvalue weighted by Crippen LogP contribution is -2.35. The van der Waals surface area contributed by atoms with Gasteiger partial charge in [0.1, 0.15) is 5.75 Å². The zero-order chi connectivity index (χ0) is 17.5. The van der Waals surface area contributed by atoms with Gasteiger partial charge in [-0.1, -0.05) is 34.1 Å². The largest absolute Gasteiger partial charge is 0.497 e. The standard InChI is InChI=1S/C18H18BrNO4/c1-12(24-18(22)14-4-3-5-15(19)10-14)17(21)20-11-13-6-8-16(23-2)9-7-13/h3-10,12H,11H2,1-2H3,(H,20,21)/t12-/m1/s1. The molecule has 0 fully saturated rings. The highest BCUT2D eigenvalue weighted by Crippen LogP contribution is 2.13. The normalized spacial score (nSPS) is 11.5. The van der Waals surface area contributed by atoms with Crippen LogP contribution in [0.2, 0.25) is 0 Å². The Hall–Kier alpha value is -2.34. The van der Waals surface area contributed by atoms with Gasteiger partial charge in [-0.25, -0.2) is 4.79 Å². The number of carbonyl (C=O) groups excluding carboxylic acids is 2. The highest BCUT2D eigenvalue weighted by molar-refractivity contribution is 9.10. The molecule has 1 amide bonds. The van der Waals surface area contributed by atoms with Crippen LogP contribution in [0.1, 0.15) is 22.8 Å². The minimum atomic E-state index is -0.880. The molecule has 126 valence electrons. The first-order valence-electron chi connectivity index (χ1n) is 7.37. The van der Waals surface area contributed by atoms with Gasteiger partial charge in [0.2, 0.25) is 0 Å². The molecule has 0 bridgehead atoms. The van der Waals surface area contributed by atoms with Crippen LogP contribution in [0.3, 0.4) is 0 Å². The molecule has 2 aromatic carbocycles. The summed E-state index contributed by atoms with van der Waals surface area (Å²) in [7, 11) is 1.60. The Morgan fingerprint density at radius 1 is 1.17 bits per heavy atom. The Bertz CT molecular complexity index is 715. The molecule has 0 unspecified atom stereocenters. The van der Waals surface area contributed by atoms with Gasteiger partial charge in [-0.05, 0) is 42.8 Å². The van der Waals surface area contributed by atoms with Crippen LogP contribution in [0.5, 0.6) is 5.75 Å². The van der Waals surface area contributed by atoms with Gasteiger partial charge < -0.3 is 14.8 Å². The number of ether oxygens (including phenoxy) is 2. The van der Waals surface area contributed by atoms with Crippen LogP contribution in [0.4, 0.5) is 0 Å². The molecule has 1 N–H and O–H groups in total. The maximum atomic E-state index is 12.1. The van der Waals surface area contributed by atoms with E-state index in [0.717, 1.165) is 15.8 Å². The third-order valence-corrected chi connectivity index (χ3v) is 3.83. The summed E-state index contributed by atoms with van der Waals surface area (Å²) in [5.74, 6) is -0.140. The van der Waals surface area contributed by atoms with Crippen molar-refractivity contribution in [1.29, 1.82) is 0 Å². The van der Waals surface area contributed by atoms with Crippen LogP contribution in [-0.4, -0.2) is 25.1 Å². The summed E-state index contributed by atoms with van der Waals surface area (Å²) in [6, 6.07) is 14.2. The second-order valence-electron chi connectivity index (χ2n) is 5.12. The third-order valence-electron chi connectivity index (χ3n) is 3.34. The van der Waals surface area contributed by atoms with E-state index >= 15 is 0 Å². The van der Waals surface area contributed by atoms with E-state index in [-0.39, 0.29) is 5.91 Å². The first kappa shape index (κ1) is 18.0. The van der Waals surface area contributed by atoms with Crippen molar-refractivity contribution in [2.45, 2.75) is 19.6 Å². The number of nitrogens with one attached hydrogen (secondary N) is 1. The van der Waals surface area contributed by atoms with Crippen molar-refractivity contribution in [3.63, 3.8) is 0 Å². The van der Waals surface area contributed by atoms with Crippen LogP contribution in [0.15, 0.2) is 53.0 Å². The fourth-order valence-electron chi connectivity index (χ4n) is 1.97. The van der Waals surface area contributed by atoms with Crippen molar-refractivity contribution in [3.05, 3.63) is 64.1 Å². The first-order valence-corrected chi connectivity index (χ1v) is 8.16. The molecule has 0 spiro atoms. The predicted molar refractivity (Wildman–Crippen MR) is 93.9 cm³/mol. The molecule has 2 rings (SSSR count). The molecule has 1 atom stereocenters. The molecular formula is C18H18BrNO4. The number of hydrogen-bond donors (Lipinski definition) is 1. The average molecular weight is 392 g/mol. The second kappa shape index (κ2) is 8.49. The fourth-order valence-corrected chi connectivity index (χ4v) is 2.37. The second-order valence-corrected chi connectivity index (χ2v) is 6.04. The molecule has 0 aliphatic heterocycles. The van der Waals surface area contributed by atoms with Crippen molar-refractivity contribution in [3.8, 4) is 5.75 Å². The molecular weight excluding hydrogens is 374 g/mol. The summed E-state index contributed by atoms with van der Waals surface area (Å²) < 4.78 is 11.0. The molecule has 0 aliphatic rings. The minimum absolute atomic E-state index is 0.349. The van der Waals surface area contributed by atoms with Gasteiger partial charge in [-0.2, -0.15) is 0 Å². The molecule has 0 radical (unpaired) electrons. The van der Waals surface area contributed by atoms with Crippen LogP contribution in [-0.2, 0) is 16.1 Å². The summed E-state index contributed by atoms with van der Waals surface area (Å²) in [6.07, 6.45) is -0.880. The maximum Gasteiger partial charge on any atom is 0.338 e. The maximum absolute atomic E-state index is 12.1. The molecule has 0 heterocycles. The summed E-state index contributed by atoms with van der Waals surface area (Å²) in [4.78, 5) is 24.1. The van der Waals surface area contributed by atoms with Gasteiger partial charge in [0.15, 0.2) is 6.10 Å². The number of halogens is 1. The van der Waals surface area contributed by atoms with E-state index in [1.165, 1.54) is 0 Å². The third kappa shape index (κ3) is 5.09. The first-order chi connectivity index (χ1) is 11.5. The van der Waals surface area contributed by atoms with Crippen LogP contribution >= 0.6 is 15.9 Å². The Balaban J connectivity index is 1.86. The van der Waals surface area contributed by atoms with E-state index in [9.17, 15) is 9.59 Å². The lowest BCUT2D eigenvalue weighted by molar-refractivity contribution is -0.129. The Morgan fingerprint density at radius 3 is 2.50 bits per heavy atom. The Labute approximate surface area is 149 Å².